The highest BCUT2D eigenvalue weighted by Crippen LogP contribution is 2.36. The summed E-state index contributed by atoms with van der Waals surface area (Å²) in [6.07, 6.45) is 0.987. The number of hydrogen-bond acceptors (Lipinski definition) is 3. The van der Waals surface area contributed by atoms with Crippen molar-refractivity contribution in [3.63, 3.8) is 0 Å². The van der Waals surface area contributed by atoms with E-state index in [1.807, 2.05) is 18.2 Å². The average molecular weight is 243 g/mol. The topological polar surface area (TPSA) is 63.2 Å². The molecule has 1 amide bonds. The second-order valence-corrected chi connectivity index (χ2v) is 4.87. The first-order valence-electron chi connectivity index (χ1n) is 6.11. The Labute approximate surface area is 104 Å². The molecule has 0 saturated heterocycles. The third-order valence-corrected chi connectivity index (χ3v) is 3.75. The zero-order valence-electron chi connectivity index (χ0n) is 9.81. The van der Waals surface area contributed by atoms with E-state index in [0.717, 1.165) is 5.56 Å². The van der Waals surface area contributed by atoms with Crippen molar-refractivity contribution in [2.45, 2.75) is 25.3 Å². The summed E-state index contributed by atoms with van der Waals surface area (Å²) >= 11 is 0. The van der Waals surface area contributed by atoms with Gasteiger partial charge in [0.1, 0.15) is 11.6 Å². The SMILES string of the molecule is O=C1CCC(C2NC(=O)c3ccccc32)C(=O)C1. The van der Waals surface area contributed by atoms with E-state index in [1.165, 1.54) is 0 Å². The van der Waals surface area contributed by atoms with E-state index in [-0.39, 0.29) is 35.9 Å². The number of ketones is 2. The van der Waals surface area contributed by atoms with Gasteiger partial charge in [0.15, 0.2) is 0 Å². The van der Waals surface area contributed by atoms with Gasteiger partial charge in [-0.1, -0.05) is 18.2 Å². The molecule has 4 nitrogen and oxygen atoms in total. The molecule has 1 saturated carbocycles. The molecule has 2 unspecified atom stereocenters. The van der Waals surface area contributed by atoms with Crippen molar-refractivity contribution in [2.75, 3.05) is 0 Å². The number of nitrogens with one attached hydrogen (secondary N) is 1. The van der Waals surface area contributed by atoms with Crippen LogP contribution in [0.25, 0.3) is 0 Å². The Balaban J connectivity index is 1.93. The Morgan fingerprint density at radius 2 is 1.89 bits per heavy atom. The monoisotopic (exact) mass is 243 g/mol. The second-order valence-electron chi connectivity index (χ2n) is 4.87. The molecule has 0 aromatic heterocycles. The number of Topliss-reactive ketones (excluding diaryl/α,β-unsaturated/α-hetero) is 2. The van der Waals surface area contributed by atoms with E-state index in [2.05, 4.69) is 5.32 Å². The third kappa shape index (κ3) is 1.65. The van der Waals surface area contributed by atoms with Gasteiger partial charge in [-0.15, -0.1) is 0 Å². The molecular weight excluding hydrogens is 230 g/mol. The summed E-state index contributed by atoms with van der Waals surface area (Å²) in [5.74, 6) is -0.419. The fourth-order valence-corrected chi connectivity index (χ4v) is 2.83. The summed E-state index contributed by atoms with van der Waals surface area (Å²) in [6.45, 7) is 0. The van der Waals surface area contributed by atoms with Gasteiger partial charge >= 0.3 is 0 Å². The molecule has 0 bridgehead atoms. The zero-order valence-corrected chi connectivity index (χ0v) is 9.81. The Bertz CT molecular complexity index is 550. The smallest absolute Gasteiger partial charge is 0.252 e. The highest BCUT2D eigenvalue weighted by molar-refractivity contribution is 6.04. The molecule has 1 N–H and O–H groups in total. The van der Waals surface area contributed by atoms with Crippen molar-refractivity contribution >= 4 is 17.5 Å². The number of benzene rings is 1. The van der Waals surface area contributed by atoms with E-state index in [9.17, 15) is 14.4 Å². The number of hydrogen-bond donors (Lipinski definition) is 1. The highest BCUT2D eigenvalue weighted by atomic mass is 16.2. The predicted molar refractivity (Wildman–Crippen MR) is 64.0 cm³/mol. The van der Waals surface area contributed by atoms with Crippen LogP contribution in [0.2, 0.25) is 0 Å². The van der Waals surface area contributed by atoms with E-state index in [4.69, 9.17) is 0 Å². The van der Waals surface area contributed by atoms with E-state index in [1.54, 1.807) is 6.07 Å². The largest absolute Gasteiger partial charge is 0.344 e. The van der Waals surface area contributed by atoms with Gasteiger partial charge in [0.25, 0.3) is 5.91 Å². The molecule has 4 heteroatoms. The van der Waals surface area contributed by atoms with Crippen molar-refractivity contribution in [3.05, 3.63) is 35.4 Å². The molecule has 92 valence electrons. The van der Waals surface area contributed by atoms with Crippen molar-refractivity contribution in [2.24, 2.45) is 5.92 Å². The molecule has 1 aromatic rings. The van der Waals surface area contributed by atoms with Gasteiger partial charge < -0.3 is 5.32 Å². The minimum absolute atomic E-state index is 0.00820. The standard InChI is InChI=1S/C14H13NO3/c16-8-5-6-11(12(17)7-8)13-9-3-1-2-4-10(9)14(18)15-13/h1-4,11,13H,5-7H2,(H,15,18). The molecule has 3 rings (SSSR count). The molecule has 18 heavy (non-hydrogen) atoms. The summed E-state index contributed by atoms with van der Waals surface area (Å²) in [5.41, 5.74) is 1.53. The maximum atomic E-state index is 11.9. The van der Waals surface area contributed by atoms with Crippen LogP contribution in [0.3, 0.4) is 0 Å². The number of fused-ring (bicyclic) bond motifs is 1. The predicted octanol–water partition coefficient (Wildman–Crippen LogP) is 1.41. The molecule has 2 aliphatic rings. The lowest BCUT2D eigenvalue weighted by atomic mass is 9.80. The summed E-state index contributed by atoms with van der Waals surface area (Å²) in [4.78, 5) is 35.0. The summed E-state index contributed by atoms with van der Waals surface area (Å²) in [7, 11) is 0. The van der Waals surface area contributed by atoms with Crippen molar-refractivity contribution in [1.82, 2.24) is 5.32 Å². The molecule has 1 aliphatic carbocycles. The van der Waals surface area contributed by atoms with Gasteiger partial charge in [0.2, 0.25) is 0 Å². The Kier molecular flexibility index (Phi) is 2.51. The van der Waals surface area contributed by atoms with Crippen molar-refractivity contribution < 1.29 is 14.4 Å². The molecule has 0 spiro atoms. The van der Waals surface area contributed by atoms with Crippen LogP contribution in [0.1, 0.15) is 41.2 Å². The lowest BCUT2D eigenvalue weighted by Crippen LogP contribution is -2.35. The molecule has 1 aliphatic heterocycles. The van der Waals surface area contributed by atoms with E-state index >= 15 is 0 Å². The van der Waals surface area contributed by atoms with Crippen LogP contribution < -0.4 is 5.32 Å². The number of carbonyl (C=O) groups is 3. The maximum absolute atomic E-state index is 11.9. The van der Waals surface area contributed by atoms with Gasteiger partial charge in [-0.3, -0.25) is 14.4 Å². The van der Waals surface area contributed by atoms with Gasteiger partial charge in [0, 0.05) is 17.9 Å². The molecule has 0 radical (unpaired) electrons. The first-order chi connectivity index (χ1) is 8.66. The van der Waals surface area contributed by atoms with Crippen LogP contribution in [-0.4, -0.2) is 17.5 Å². The van der Waals surface area contributed by atoms with Crippen LogP contribution in [0, 0.1) is 5.92 Å². The molecule has 1 aromatic carbocycles. The first-order valence-corrected chi connectivity index (χ1v) is 6.11. The normalized spacial score (nSPS) is 27.0. The second kappa shape index (κ2) is 4.05. The lowest BCUT2D eigenvalue weighted by molar-refractivity contribution is -0.133. The summed E-state index contributed by atoms with van der Waals surface area (Å²) < 4.78 is 0. The Hall–Kier alpha value is -1.97. The number of carbonyl (C=O) groups excluding carboxylic acids is 3. The Morgan fingerprint density at radius 1 is 1.11 bits per heavy atom. The molecule has 1 fully saturated rings. The fourth-order valence-electron chi connectivity index (χ4n) is 2.83. The van der Waals surface area contributed by atoms with Crippen LogP contribution >= 0.6 is 0 Å². The minimum Gasteiger partial charge on any atom is -0.344 e. The quantitative estimate of drug-likeness (QED) is 0.758. The molecule has 2 atom stereocenters. The molecule has 1 heterocycles. The van der Waals surface area contributed by atoms with Gasteiger partial charge in [0.05, 0.1) is 12.5 Å². The van der Waals surface area contributed by atoms with Crippen LogP contribution in [0.4, 0.5) is 0 Å². The average Bonchev–Trinajstić information content (AvgIpc) is 2.68. The van der Waals surface area contributed by atoms with Crippen LogP contribution in [0.5, 0.6) is 0 Å². The third-order valence-electron chi connectivity index (χ3n) is 3.75. The van der Waals surface area contributed by atoms with E-state index in [0.29, 0.717) is 18.4 Å². The van der Waals surface area contributed by atoms with E-state index < -0.39 is 0 Å². The first kappa shape index (κ1) is 11.1. The molecular formula is C14H13NO3. The summed E-state index contributed by atoms with van der Waals surface area (Å²) in [5, 5.41) is 2.86. The lowest BCUT2D eigenvalue weighted by Gasteiger charge is -2.26. The number of rotatable bonds is 1. The zero-order chi connectivity index (χ0) is 12.7. The van der Waals surface area contributed by atoms with Crippen molar-refractivity contribution in [1.29, 1.82) is 0 Å². The summed E-state index contributed by atoms with van der Waals surface area (Å²) in [6, 6.07) is 7.07. The van der Waals surface area contributed by atoms with Gasteiger partial charge in [-0.2, -0.15) is 0 Å². The minimum atomic E-state index is -0.255. The Morgan fingerprint density at radius 3 is 2.67 bits per heavy atom. The van der Waals surface area contributed by atoms with Gasteiger partial charge in [-0.25, -0.2) is 0 Å². The van der Waals surface area contributed by atoms with Gasteiger partial charge in [-0.05, 0) is 18.1 Å². The number of amides is 1. The van der Waals surface area contributed by atoms with Crippen molar-refractivity contribution in [3.8, 4) is 0 Å². The highest BCUT2D eigenvalue weighted by Gasteiger charge is 2.39. The maximum Gasteiger partial charge on any atom is 0.252 e. The fraction of sp³-hybridized carbons (Fsp3) is 0.357. The van der Waals surface area contributed by atoms with Crippen LogP contribution in [-0.2, 0) is 9.59 Å². The van der Waals surface area contributed by atoms with Crippen LogP contribution in [0.15, 0.2) is 24.3 Å².